The van der Waals surface area contributed by atoms with Crippen LogP contribution in [-0.4, -0.2) is 18.1 Å². The van der Waals surface area contributed by atoms with Crippen LogP contribution in [0.25, 0.3) is 0 Å². The molecule has 0 atom stereocenters. The van der Waals surface area contributed by atoms with Gasteiger partial charge in [-0.05, 0) is 36.6 Å². The maximum atomic E-state index is 11.2. The number of aromatic hydroxyl groups is 1. The van der Waals surface area contributed by atoms with Gasteiger partial charge in [0.15, 0.2) is 11.5 Å². The number of aryl methyl sites for hydroxylation is 1. The van der Waals surface area contributed by atoms with Gasteiger partial charge >= 0.3 is 0 Å². The average molecular weight is 421 g/mol. The van der Waals surface area contributed by atoms with Crippen LogP contribution in [0.3, 0.4) is 0 Å². The standard InChI is InChI=1S/C23H32O5S/c1-2-3-4-5-6-7-8-9-10-13-19-14-11-12-15-22(19)28-23-17-16-20(18-21(23)24)29(25,26)27/h11-12,14-18,24H,2-10,13H2,1H3,(H,25,26,27). The average Bonchev–Trinajstić information content (AvgIpc) is 2.68. The Morgan fingerprint density at radius 2 is 1.45 bits per heavy atom. The number of hydrogen-bond acceptors (Lipinski definition) is 4. The van der Waals surface area contributed by atoms with E-state index < -0.39 is 10.1 Å². The lowest BCUT2D eigenvalue weighted by molar-refractivity contribution is 0.406. The second-order valence-corrected chi connectivity index (χ2v) is 8.81. The molecule has 0 aliphatic heterocycles. The Balaban J connectivity index is 1.86. The summed E-state index contributed by atoms with van der Waals surface area (Å²) in [5, 5.41) is 10.1. The van der Waals surface area contributed by atoms with Gasteiger partial charge in [0.1, 0.15) is 5.75 Å². The quantitative estimate of drug-likeness (QED) is 0.285. The van der Waals surface area contributed by atoms with Crippen LogP contribution >= 0.6 is 0 Å². The molecule has 2 N–H and O–H groups in total. The summed E-state index contributed by atoms with van der Waals surface area (Å²) in [5.74, 6) is 0.455. The third-order valence-electron chi connectivity index (χ3n) is 4.97. The number of phenols is 1. The summed E-state index contributed by atoms with van der Waals surface area (Å²) < 4.78 is 37.2. The number of phenolic OH excluding ortho intramolecular Hbond substituents is 1. The highest BCUT2D eigenvalue weighted by Gasteiger charge is 2.14. The fourth-order valence-corrected chi connectivity index (χ4v) is 3.80. The number of rotatable bonds is 13. The summed E-state index contributed by atoms with van der Waals surface area (Å²) >= 11 is 0. The van der Waals surface area contributed by atoms with Crippen molar-refractivity contribution in [3.63, 3.8) is 0 Å². The van der Waals surface area contributed by atoms with Gasteiger partial charge in [0.05, 0.1) is 4.90 Å². The van der Waals surface area contributed by atoms with Crippen molar-refractivity contribution in [2.45, 2.75) is 76.0 Å². The molecular formula is C23H32O5S. The zero-order valence-electron chi connectivity index (χ0n) is 17.1. The molecule has 29 heavy (non-hydrogen) atoms. The normalized spacial score (nSPS) is 11.5. The van der Waals surface area contributed by atoms with Crippen LogP contribution in [-0.2, 0) is 16.5 Å². The number of benzene rings is 2. The van der Waals surface area contributed by atoms with Gasteiger partial charge in [-0.15, -0.1) is 0 Å². The molecule has 0 radical (unpaired) electrons. The van der Waals surface area contributed by atoms with Crippen molar-refractivity contribution in [2.24, 2.45) is 0 Å². The minimum atomic E-state index is -4.37. The van der Waals surface area contributed by atoms with E-state index in [1.54, 1.807) is 0 Å². The zero-order chi connectivity index (χ0) is 21.1. The molecule has 0 aliphatic rings. The predicted octanol–water partition coefficient (Wildman–Crippen LogP) is 6.50. The van der Waals surface area contributed by atoms with Gasteiger partial charge < -0.3 is 9.84 Å². The Bertz CT molecular complexity index is 861. The second-order valence-electron chi connectivity index (χ2n) is 7.39. The molecule has 5 nitrogen and oxygen atoms in total. The molecule has 2 rings (SSSR count). The van der Waals surface area contributed by atoms with Crippen molar-refractivity contribution in [2.75, 3.05) is 0 Å². The van der Waals surface area contributed by atoms with E-state index in [2.05, 4.69) is 6.92 Å². The van der Waals surface area contributed by atoms with Gasteiger partial charge in [-0.25, -0.2) is 0 Å². The Morgan fingerprint density at radius 1 is 0.828 bits per heavy atom. The molecule has 6 heteroatoms. The van der Waals surface area contributed by atoms with Gasteiger partial charge in [0.2, 0.25) is 0 Å². The van der Waals surface area contributed by atoms with Gasteiger partial charge in [0.25, 0.3) is 10.1 Å². The van der Waals surface area contributed by atoms with Gasteiger partial charge in [0, 0.05) is 6.07 Å². The molecule has 2 aromatic carbocycles. The predicted molar refractivity (Wildman–Crippen MR) is 115 cm³/mol. The molecule has 160 valence electrons. The molecule has 0 unspecified atom stereocenters. The smallest absolute Gasteiger partial charge is 0.294 e. The molecule has 0 saturated carbocycles. The Labute approximate surface area is 174 Å². The van der Waals surface area contributed by atoms with Crippen LogP contribution in [0.2, 0.25) is 0 Å². The van der Waals surface area contributed by atoms with E-state index in [1.807, 2.05) is 24.3 Å². The van der Waals surface area contributed by atoms with Crippen molar-refractivity contribution >= 4 is 10.1 Å². The Hall–Kier alpha value is -2.05. The molecule has 0 aliphatic carbocycles. The lowest BCUT2D eigenvalue weighted by atomic mass is 10.0. The molecular weight excluding hydrogens is 388 g/mol. The van der Waals surface area contributed by atoms with Crippen molar-refractivity contribution in [1.82, 2.24) is 0 Å². The molecule has 0 aromatic heterocycles. The molecule has 0 saturated heterocycles. The van der Waals surface area contributed by atoms with Crippen LogP contribution in [0.4, 0.5) is 0 Å². The first-order valence-electron chi connectivity index (χ1n) is 10.5. The van der Waals surface area contributed by atoms with Crippen molar-refractivity contribution in [3.8, 4) is 17.2 Å². The van der Waals surface area contributed by atoms with Crippen LogP contribution in [0.15, 0.2) is 47.4 Å². The molecule has 0 heterocycles. The molecule has 0 spiro atoms. The van der Waals surface area contributed by atoms with E-state index in [0.29, 0.717) is 5.75 Å². The van der Waals surface area contributed by atoms with Gasteiger partial charge in [-0.1, -0.05) is 76.5 Å². The lowest BCUT2D eigenvalue weighted by Gasteiger charge is -2.12. The van der Waals surface area contributed by atoms with Crippen LogP contribution in [0.5, 0.6) is 17.2 Å². The molecule has 2 aromatic rings. The number of para-hydroxylation sites is 1. The first-order valence-corrected chi connectivity index (χ1v) is 11.9. The summed E-state index contributed by atoms with van der Waals surface area (Å²) in [5.41, 5.74) is 1.05. The fourth-order valence-electron chi connectivity index (χ4n) is 3.30. The van der Waals surface area contributed by atoms with Gasteiger partial charge in [-0.2, -0.15) is 8.42 Å². The fraction of sp³-hybridized carbons (Fsp3) is 0.478. The Morgan fingerprint density at radius 3 is 2.07 bits per heavy atom. The third kappa shape index (κ3) is 8.07. The highest BCUT2D eigenvalue weighted by Crippen LogP contribution is 2.34. The summed E-state index contributed by atoms with van der Waals surface area (Å²) in [6.07, 6.45) is 12.3. The van der Waals surface area contributed by atoms with Crippen molar-refractivity contribution in [3.05, 3.63) is 48.0 Å². The minimum absolute atomic E-state index is 0.150. The molecule has 0 fully saturated rings. The number of hydrogen-bond donors (Lipinski definition) is 2. The van der Waals surface area contributed by atoms with Crippen molar-refractivity contribution < 1.29 is 22.8 Å². The third-order valence-corrected chi connectivity index (χ3v) is 5.82. The zero-order valence-corrected chi connectivity index (χ0v) is 18.0. The van der Waals surface area contributed by atoms with E-state index in [0.717, 1.165) is 24.5 Å². The maximum Gasteiger partial charge on any atom is 0.294 e. The van der Waals surface area contributed by atoms with Crippen LogP contribution < -0.4 is 4.74 Å². The van der Waals surface area contributed by atoms with Crippen LogP contribution in [0.1, 0.15) is 70.3 Å². The van der Waals surface area contributed by atoms with E-state index in [4.69, 9.17) is 9.29 Å². The largest absolute Gasteiger partial charge is 0.504 e. The van der Waals surface area contributed by atoms with E-state index >= 15 is 0 Å². The summed E-state index contributed by atoms with van der Waals surface area (Å²) in [6.45, 7) is 2.23. The van der Waals surface area contributed by atoms with Crippen LogP contribution in [0, 0.1) is 0 Å². The number of unbranched alkanes of at least 4 members (excludes halogenated alkanes) is 8. The highest BCUT2D eigenvalue weighted by molar-refractivity contribution is 7.85. The first-order chi connectivity index (χ1) is 13.9. The van der Waals surface area contributed by atoms with E-state index in [9.17, 15) is 13.5 Å². The van der Waals surface area contributed by atoms with E-state index in [-0.39, 0.29) is 16.4 Å². The lowest BCUT2D eigenvalue weighted by Crippen LogP contribution is -1.98. The first kappa shape index (κ1) is 23.2. The summed E-state index contributed by atoms with van der Waals surface area (Å²) in [6, 6.07) is 11.2. The monoisotopic (exact) mass is 420 g/mol. The summed E-state index contributed by atoms with van der Waals surface area (Å²) in [4.78, 5) is -0.370. The molecule has 0 bridgehead atoms. The van der Waals surface area contributed by atoms with Gasteiger partial charge in [-0.3, -0.25) is 4.55 Å². The van der Waals surface area contributed by atoms with E-state index in [1.165, 1.54) is 63.5 Å². The van der Waals surface area contributed by atoms with Crippen molar-refractivity contribution in [1.29, 1.82) is 0 Å². The topological polar surface area (TPSA) is 83.8 Å². The second kappa shape index (κ2) is 11.8. The maximum absolute atomic E-state index is 11.2. The minimum Gasteiger partial charge on any atom is -0.504 e. The Kier molecular flexibility index (Phi) is 9.48. The summed E-state index contributed by atoms with van der Waals surface area (Å²) in [7, 11) is -4.37. The SMILES string of the molecule is CCCCCCCCCCCc1ccccc1Oc1ccc(S(=O)(=O)O)cc1O. The highest BCUT2D eigenvalue weighted by atomic mass is 32.2. The number of ether oxygens (including phenoxy) is 1. The molecule has 0 amide bonds.